The molecule has 0 bridgehead atoms. The number of amides is 2. The van der Waals surface area contributed by atoms with Gasteiger partial charge in [-0.15, -0.1) is 11.3 Å². The Morgan fingerprint density at radius 3 is 2.65 bits per heavy atom. The van der Waals surface area contributed by atoms with Crippen LogP contribution in [0.2, 0.25) is 5.02 Å². The van der Waals surface area contributed by atoms with Crippen molar-refractivity contribution in [2.24, 2.45) is 0 Å². The van der Waals surface area contributed by atoms with Gasteiger partial charge in [0.15, 0.2) is 4.34 Å². The van der Waals surface area contributed by atoms with Gasteiger partial charge in [0.05, 0.1) is 17.9 Å². The normalized spacial score (nSPS) is 14.3. The Kier molecular flexibility index (Phi) is 6.93. The molecule has 0 unspecified atom stereocenters. The maximum absolute atomic E-state index is 12.3. The number of hydrogen-bond donors (Lipinski definition) is 1. The van der Waals surface area contributed by atoms with E-state index in [4.69, 9.17) is 11.6 Å². The quantitative estimate of drug-likeness (QED) is 0.730. The number of carbonyl (C=O) groups is 2. The molecule has 1 saturated heterocycles. The van der Waals surface area contributed by atoms with Crippen molar-refractivity contribution in [2.45, 2.75) is 30.0 Å². The molecule has 2 heterocycles. The molecule has 0 radical (unpaired) electrons. The summed E-state index contributed by atoms with van der Waals surface area (Å²) in [6.45, 7) is 1.71. The van der Waals surface area contributed by atoms with Crippen molar-refractivity contribution in [1.82, 2.24) is 9.88 Å². The van der Waals surface area contributed by atoms with Gasteiger partial charge in [-0.05, 0) is 43.5 Å². The lowest BCUT2D eigenvalue weighted by atomic mass is 10.1. The fourth-order valence-corrected chi connectivity index (χ4v) is 4.47. The van der Waals surface area contributed by atoms with Crippen LogP contribution in [0.1, 0.15) is 25.0 Å². The summed E-state index contributed by atoms with van der Waals surface area (Å²) >= 11 is 8.68. The first-order valence-electron chi connectivity index (χ1n) is 8.50. The van der Waals surface area contributed by atoms with E-state index in [2.05, 4.69) is 10.3 Å². The number of halogens is 1. The first-order chi connectivity index (χ1) is 12.6. The average molecular weight is 410 g/mol. The molecule has 8 heteroatoms. The van der Waals surface area contributed by atoms with E-state index in [0.29, 0.717) is 17.1 Å². The Balaban J connectivity index is 1.45. The van der Waals surface area contributed by atoms with Gasteiger partial charge in [-0.25, -0.2) is 4.98 Å². The minimum atomic E-state index is -0.0986. The van der Waals surface area contributed by atoms with E-state index in [-0.39, 0.29) is 17.6 Å². The Labute approximate surface area is 166 Å². The molecule has 0 spiro atoms. The fourth-order valence-electron chi connectivity index (χ4n) is 2.70. The third kappa shape index (κ3) is 5.72. The molecule has 138 valence electrons. The smallest absolute Gasteiger partial charge is 0.234 e. The molecule has 2 amide bonds. The Morgan fingerprint density at radius 1 is 1.19 bits per heavy atom. The van der Waals surface area contributed by atoms with E-state index in [1.54, 1.807) is 24.3 Å². The molecule has 0 atom stereocenters. The number of hydrogen-bond acceptors (Lipinski definition) is 5. The molecule has 26 heavy (non-hydrogen) atoms. The predicted molar refractivity (Wildman–Crippen MR) is 107 cm³/mol. The van der Waals surface area contributed by atoms with Gasteiger partial charge in [0.1, 0.15) is 0 Å². The van der Waals surface area contributed by atoms with Crippen molar-refractivity contribution < 1.29 is 9.59 Å². The minimum Gasteiger partial charge on any atom is -0.342 e. The lowest BCUT2D eigenvalue weighted by Gasteiger charge is -2.26. The molecule has 3 rings (SSSR count). The van der Waals surface area contributed by atoms with E-state index in [0.717, 1.165) is 36.0 Å². The zero-order valence-electron chi connectivity index (χ0n) is 14.2. The monoisotopic (exact) mass is 409 g/mol. The zero-order valence-corrected chi connectivity index (χ0v) is 16.6. The van der Waals surface area contributed by atoms with Crippen LogP contribution in [0.5, 0.6) is 0 Å². The molecule has 1 fully saturated rings. The van der Waals surface area contributed by atoms with Crippen LogP contribution in [0.25, 0.3) is 0 Å². The summed E-state index contributed by atoms with van der Waals surface area (Å²) in [6, 6.07) is 6.99. The fraction of sp³-hybridized carbons (Fsp3) is 0.389. The zero-order chi connectivity index (χ0) is 18.4. The van der Waals surface area contributed by atoms with Gasteiger partial charge in [-0.1, -0.05) is 23.4 Å². The lowest BCUT2D eigenvalue weighted by Crippen LogP contribution is -2.36. The summed E-state index contributed by atoms with van der Waals surface area (Å²) in [4.78, 5) is 30.7. The van der Waals surface area contributed by atoms with Crippen LogP contribution in [0, 0.1) is 0 Å². The maximum atomic E-state index is 12.3. The van der Waals surface area contributed by atoms with Gasteiger partial charge in [-0.2, -0.15) is 0 Å². The average Bonchev–Trinajstić information content (AvgIpc) is 3.10. The molecule has 2 aromatic rings. The SMILES string of the molecule is O=C(CSc1nc(CC(=O)N2CCCCC2)cs1)Nc1ccc(Cl)cc1. The number of anilines is 1. The largest absolute Gasteiger partial charge is 0.342 e. The van der Waals surface area contributed by atoms with E-state index in [1.807, 2.05) is 10.3 Å². The first kappa shape index (κ1) is 19.2. The van der Waals surface area contributed by atoms with Crippen LogP contribution in [0.4, 0.5) is 5.69 Å². The van der Waals surface area contributed by atoms with Gasteiger partial charge in [0.2, 0.25) is 11.8 Å². The lowest BCUT2D eigenvalue weighted by molar-refractivity contribution is -0.131. The Bertz CT molecular complexity index is 758. The molecule has 0 saturated carbocycles. The number of thioether (sulfide) groups is 1. The van der Waals surface area contributed by atoms with Crippen molar-refractivity contribution in [3.63, 3.8) is 0 Å². The summed E-state index contributed by atoms with van der Waals surface area (Å²) in [5.74, 6) is 0.320. The molecule has 1 aliphatic heterocycles. The van der Waals surface area contributed by atoms with Crippen molar-refractivity contribution in [3.05, 3.63) is 40.4 Å². The number of piperidine rings is 1. The maximum Gasteiger partial charge on any atom is 0.234 e. The van der Waals surface area contributed by atoms with Gasteiger partial charge < -0.3 is 10.2 Å². The number of thiazole rings is 1. The number of likely N-dealkylation sites (tertiary alicyclic amines) is 1. The summed E-state index contributed by atoms with van der Waals surface area (Å²) in [7, 11) is 0. The van der Waals surface area contributed by atoms with Crippen LogP contribution in [-0.2, 0) is 16.0 Å². The van der Waals surface area contributed by atoms with E-state index >= 15 is 0 Å². The van der Waals surface area contributed by atoms with Crippen LogP contribution in [0.3, 0.4) is 0 Å². The highest BCUT2D eigenvalue weighted by Gasteiger charge is 2.18. The van der Waals surface area contributed by atoms with Crippen LogP contribution >= 0.6 is 34.7 Å². The second-order valence-electron chi connectivity index (χ2n) is 6.07. The standard InChI is InChI=1S/C18H20ClN3O2S2/c19-13-4-6-14(7-5-13)20-16(23)12-26-18-21-15(11-25-18)10-17(24)22-8-2-1-3-9-22/h4-7,11H,1-3,8-10,12H2,(H,20,23). The highest BCUT2D eigenvalue weighted by Crippen LogP contribution is 2.24. The van der Waals surface area contributed by atoms with Crippen molar-refractivity contribution in [3.8, 4) is 0 Å². The molecule has 1 aromatic carbocycles. The summed E-state index contributed by atoms with van der Waals surface area (Å²) < 4.78 is 0.803. The predicted octanol–water partition coefficient (Wildman–Crippen LogP) is 4.08. The molecule has 1 aliphatic rings. The van der Waals surface area contributed by atoms with Gasteiger partial charge >= 0.3 is 0 Å². The summed E-state index contributed by atoms with van der Waals surface area (Å²) in [6.07, 6.45) is 3.73. The number of nitrogens with one attached hydrogen (secondary N) is 1. The number of aromatic nitrogens is 1. The van der Waals surface area contributed by atoms with Gasteiger partial charge in [0, 0.05) is 29.2 Å². The van der Waals surface area contributed by atoms with Crippen LogP contribution < -0.4 is 5.32 Å². The number of rotatable bonds is 6. The summed E-state index contributed by atoms with van der Waals surface area (Å²) in [5, 5.41) is 5.35. The summed E-state index contributed by atoms with van der Waals surface area (Å²) in [5.41, 5.74) is 1.50. The van der Waals surface area contributed by atoms with Crippen LogP contribution in [0.15, 0.2) is 34.0 Å². The van der Waals surface area contributed by atoms with E-state index in [9.17, 15) is 9.59 Å². The van der Waals surface area contributed by atoms with Gasteiger partial charge in [-0.3, -0.25) is 9.59 Å². The topological polar surface area (TPSA) is 62.3 Å². The first-order valence-corrected chi connectivity index (χ1v) is 10.7. The highest BCUT2D eigenvalue weighted by atomic mass is 35.5. The van der Waals surface area contributed by atoms with Crippen molar-refractivity contribution >= 4 is 52.2 Å². The van der Waals surface area contributed by atoms with E-state index < -0.39 is 0 Å². The highest BCUT2D eigenvalue weighted by molar-refractivity contribution is 8.01. The second-order valence-corrected chi connectivity index (χ2v) is 8.58. The van der Waals surface area contributed by atoms with Crippen LogP contribution in [-0.4, -0.2) is 40.5 Å². The molecule has 0 aliphatic carbocycles. The van der Waals surface area contributed by atoms with Crippen molar-refractivity contribution in [2.75, 3.05) is 24.2 Å². The number of benzene rings is 1. The van der Waals surface area contributed by atoms with E-state index in [1.165, 1.54) is 29.5 Å². The minimum absolute atomic E-state index is 0.0986. The molecular formula is C18H20ClN3O2S2. The number of carbonyl (C=O) groups excluding carboxylic acids is 2. The molecule has 5 nitrogen and oxygen atoms in total. The van der Waals surface area contributed by atoms with Gasteiger partial charge in [0.25, 0.3) is 0 Å². The third-order valence-corrected chi connectivity index (χ3v) is 6.35. The Morgan fingerprint density at radius 2 is 1.92 bits per heavy atom. The molecule has 1 aromatic heterocycles. The second kappa shape index (κ2) is 9.39. The molecule has 1 N–H and O–H groups in total. The number of nitrogens with zero attached hydrogens (tertiary/aromatic N) is 2. The molecular weight excluding hydrogens is 390 g/mol. The van der Waals surface area contributed by atoms with Crippen molar-refractivity contribution in [1.29, 1.82) is 0 Å². The third-order valence-electron chi connectivity index (χ3n) is 4.03. The Hall–Kier alpha value is -1.57.